The van der Waals surface area contributed by atoms with Crippen LogP contribution in [0, 0.1) is 6.92 Å². The molecule has 2 fully saturated rings. The van der Waals surface area contributed by atoms with Crippen molar-refractivity contribution in [2.75, 3.05) is 19.8 Å². The van der Waals surface area contributed by atoms with E-state index in [0.717, 1.165) is 55.6 Å². The minimum Gasteiger partial charge on any atom is -0.381 e. The summed E-state index contributed by atoms with van der Waals surface area (Å²) in [6.07, 6.45) is 3.60. The Kier molecular flexibility index (Phi) is 5.11. The molecule has 4 nitrogen and oxygen atoms in total. The summed E-state index contributed by atoms with van der Waals surface area (Å²) in [6.45, 7) is 4.29. The molecule has 0 unspecified atom stereocenters. The molecule has 1 aromatic carbocycles. The molecule has 5 heteroatoms. The zero-order valence-electron chi connectivity index (χ0n) is 15.1. The summed E-state index contributed by atoms with van der Waals surface area (Å²) in [4.78, 5) is 14.2. The lowest BCUT2D eigenvalue weighted by Crippen LogP contribution is -2.51. The fraction of sp³-hybridized carbons (Fsp3) is 0.476. The number of benzene rings is 1. The van der Waals surface area contributed by atoms with Crippen molar-refractivity contribution in [2.24, 2.45) is 0 Å². The van der Waals surface area contributed by atoms with E-state index in [-0.39, 0.29) is 17.6 Å². The van der Waals surface area contributed by atoms with E-state index in [1.165, 1.54) is 4.88 Å². The number of rotatable bonds is 3. The fourth-order valence-electron chi connectivity index (χ4n) is 4.09. The molecule has 3 heterocycles. The van der Waals surface area contributed by atoms with Crippen LogP contribution in [0.4, 0.5) is 0 Å². The molecular weight excluding hydrogens is 346 g/mol. The maximum absolute atomic E-state index is 13.0. The summed E-state index contributed by atoms with van der Waals surface area (Å²) in [5.74, 6) is 0.0299. The van der Waals surface area contributed by atoms with Crippen LogP contribution in [0.1, 0.15) is 40.9 Å². The van der Waals surface area contributed by atoms with Gasteiger partial charge in [0.05, 0.1) is 11.2 Å². The van der Waals surface area contributed by atoms with Gasteiger partial charge >= 0.3 is 0 Å². The highest BCUT2D eigenvalue weighted by molar-refractivity contribution is 7.10. The maximum Gasteiger partial charge on any atom is 0.252 e. The lowest BCUT2D eigenvalue weighted by Gasteiger charge is -2.43. The van der Waals surface area contributed by atoms with Crippen LogP contribution < -0.4 is 5.32 Å². The molecule has 1 atom stereocenters. The third-order valence-corrected chi connectivity index (χ3v) is 6.43. The molecule has 0 radical (unpaired) electrons. The molecule has 0 aliphatic carbocycles. The number of carbonyl (C=O) groups excluding carboxylic acids is 1. The number of amides is 1. The summed E-state index contributed by atoms with van der Waals surface area (Å²) in [7, 11) is 0. The number of aryl methyl sites for hydroxylation is 1. The van der Waals surface area contributed by atoms with Crippen molar-refractivity contribution in [3.8, 4) is 11.1 Å². The number of carbonyl (C=O) groups is 1. The van der Waals surface area contributed by atoms with E-state index >= 15 is 0 Å². The average Bonchev–Trinajstić information content (AvgIpc) is 3.05. The van der Waals surface area contributed by atoms with E-state index in [0.29, 0.717) is 6.61 Å². The molecule has 1 N–H and O–H groups in total. The summed E-state index contributed by atoms with van der Waals surface area (Å²) >= 11 is 1.64. The van der Waals surface area contributed by atoms with Gasteiger partial charge in [0.2, 0.25) is 0 Å². The van der Waals surface area contributed by atoms with Gasteiger partial charge in [-0.15, -0.1) is 11.3 Å². The normalized spacial score (nSPS) is 22.3. The lowest BCUT2D eigenvalue weighted by atomic mass is 9.84. The predicted molar refractivity (Wildman–Crippen MR) is 104 cm³/mol. The van der Waals surface area contributed by atoms with Crippen LogP contribution in [0.15, 0.2) is 35.7 Å². The van der Waals surface area contributed by atoms with E-state index in [9.17, 15) is 4.79 Å². The number of hydrogen-bond donors (Lipinski definition) is 1. The van der Waals surface area contributed by atoms with Crippen molar-refractivity contribution in [1.29, 1.82) is 0 Å². The molecule has 26 heavy (non-hydrogen) atoms. The molecule has 4 rings (SSSR count). The Morgan fingerprint density at radius 3 is 2.73 bits per heavy atom. The van der Waals surface area contributed by atoms with Gasteiger partial charge in [-0.05, 0) is 38.2 Å². The Balaban J connectivity index is 1.51. The number of thiophene rings is 1. The molecule has 2 aromatic rings. The van der Waals surface area contributed by atoms with Gasteiger partial charge in [0.1, 0.15) is 0 Å². The molecule has 1 aromatic heterocycles. The summed E-state index contributed by atoms with van der Waals surface area (Å²) < 4.78 is 11.6. The molecule has 0 bridgehead atoms. The van der Waals surface area contributed by atoms with Crippen LogP contribution in [-0.2, 0) is 9.47 Å². The molecule has 2 aliphatic rings. The Bertz CT molecular complexity index is 759. The molecule has 2 aliphatic heterocycles. The van der Waals surface area contributed by atoms with Crippen molar-refractivity contribution in [1.82, 2.24) is 5.32 Å². The van der Waals surface area contributed by atoms with E-state index in [1.807, 2.05) is 23.6 Å². The second-order valence-corrected chi connectivity index (χ2v) is 8.34. The third kappa shape index (κ3) is 3.56. The zero-order chi connectivity index (χ0) is 18.0. The Labute approximate surface area is 158 Å². The van der Waals surface area contributed by atoms with Gasteiger partial charge in [0.25, 0.3) is 5.91 Å². The third-order valence-electron chi connectivity index (χ3n) is 5.51. The Hall–Kier alpha value is -1.69. The highest BCUT2D eigenvalue weighted by Gasteiger charge is 2.39. The number of nitrogens with one attached hydrogen (secondary N) is 1. The second kappa shape index (κ2) is 7.51. The van der Waals surface area contributed by atoms with Crippen molar-refractivity contribution in [3.63, 3.8) is 0 Å². The molecule has 2 saturated heterocycles. The monoisotopic (exact) mass is 371 g/mol. The Morgan fingerprint density at radius 2 is 1.96 bits per heavy atom. The van der Waals surface area contributed by atoms with Crippen LogP contribution >= 0.6 is 11.3 Å². The van der Waals surface area contributed by atoms with Crippen molar-refractivity contribution >= 4 is 17.2 Å². The standard InChI is InChI=1S/C21H25NO3S/c1-15-19(16-5-3-2-4-6-16)18(14-26-15)20(23)22-17-7-10-25-21(13-17)8-11-24-12-9-21/h2-6,14,17H,7-13H2,1H3,(H,22,23)/t17-/m0/s1. The summed E-state index contributed by atoms with van der Waals surface area (Å²) in [6, 6.07) is 10.3. The molecule has 138 valence electrons. The largest absolute Gasteiger partial charge is 0.381 e. The van der Waals surface area contributed by atoms with Crippen LogP contribution in [-0.4, -0.2) is 37.4 Å². The SMILES string of the molecule is Cc1scc(C(=O)N[C@H]2CCOC3(CCOCC3)C2)c1-c1ccccc1. The van der Waals surface area contributed by atoms with Gasteiger partial charge in [0.15, 0.2) is 0 Å². The van der Waals surface area contributed by atoms with Gasteiger partial charge in [-0.2, -0.15) is 0 Å². The van der Waals surface area contributed by atoms with Crippen molar-refractivity contribution in [2.45, 2.75) is 44.2 Å². The smallest absolute Gasteiger partial charge is 0.252 e. The molecule has 1 spiro atoms. The van der Waals surface area contributed by atoms with Gasteiger partial charge in [-0.3, -0.25) is 4.79 Å². The van der Waals surface area contributed by atoms with Gasteiger partial charge < -0.3 is 14.8 Å². The first kappa shape index (κ1) is 17.7. The van der Waals surface area contributed by atoms with Gasteiger partial charge in [-0.1, -0.05) is 30.3 Å². The first-order chi connectivity index (χ1) is 12.7. The predicted octanol–water partition coefficient (Wildman–Crippen LogP) is 4.18. The topological polar surface area (TPSA) is 47.6 Å². The van der Waals surface area contributed by atoms with Crippen LogP contribution in [0.3, 0.4) is 0 Å². The maximum atomic E-state index is 13.0. The first-order valence-corrected chi connectivity index (χ1v) is 10.2. The molecular formula is C21H25NO3S. The van der Waals surface area contributed by atoms with Crippen molar-refractivity contribution < 1.29 is 14.3 Å². The van der Waals surface area contributed by atoms with Crippen LogP contribution in [0.2, 0.25) is 0 Å². The summed E-state index contributed by atoms with van der Waals surface area (Å²) in [5, 5.41) is 5.26. The van der Waals surface area contributed by atoms with E-state index in [1.54, 1.807) is 11.3 Å². The van der Waals surface area contributed by atoms with Crippen LogP contribution in [0.5, 0.6) is 0 Å². The minimum atomic E-state index is -0.110. The fourth-order valence-corrected chi connectivity index (χ4v) is 4.96. The first-order valence-electron chi connectivity index (χ1n) is 9.33. The number of ether oxygens (including phenoxy) is 2. The second-order valence-electron chi connectivity index (χ2n) is 7.25. The highest BCUT2D eigenvalue weighted by Crippen LogP contribution is 2.35. The average molecular weight is 372 g/mol. The van der Waals surface area contributed by atoms with Crippen LogP contribution in [0.25, 0.3) is 11.1 Å². The lowest BCUT2D eigenvalue weighted by molar-refractivity contribution is -0.139. The van der Waals surface area contributed by atoms with Crippen molar-refractivity contribution in [3.05, 3.63) is 46.2 Å². The van der Waals surface area contributed by atoms with E-state index in [2.05, 4.69) is 24.4 Å². The number of hydrogen-bond acceptors (Lipinski definition) is 4. The van der Waals surface area contributed by atoms with E-state index in [4.69, 9.17) is 9.47 Å². The van der Waals surface area contributed by atoms with Gasteiger partial charge in [0, 0.05) is 41.7 Å². The minimum absolute atomic E-state index is 0.0299. The zero-order valence-corrected chi connectivity index (χ0v) is 15.9. The summed E-state index contributed by atoms with van der Waals surface area (Å²) in [5.41, 5.74) is 2.83. The van der Waals surface area contributed by atoms with Gasteiger partial charge in [-0.25, -0.2) is 0 Å². The Morgan fingerprint density at radius 1 is 1.19 bits per heavy atom. The molecule has 1 amide bonds. The van der Waals surface area contributed by atoms with E-state index < -0.39 is 0 Å². The highest BCUT2D eigenvalue weighted by atomic mass is 32.1. The molecule has 0 saturated carbocycles. The quantitative estimate of drug-likeness (QED) is 0.880.